The van der Waals surface area contributed by atoms with Gasteiger partial charge in [0.15, 0.2) is 11.5 Å². The Balaban J connectivity index is 1.26. The van der Waals surface area contributed by atoms with Gasteiger partial charge in [0.05, 0.1) is 22.5 Å². The Hall–Kier alpha value is -3.89. The zero-order chi connectivity index (χ0) is 23.7. The van der Waals surface area contributed by atoms with Crippen LogP contribution in [0.3, 0.4) is 0 Å². The van der Waals surface area contributed by atoms with E-state index in [0.29, 0.717) is 28.4 Å². The molecule has 0 aliphatic carbocycles. The van der Waals surface area contributed by atoms with Gasteiger partial charge in [0.1, 0.15) is 5.82 Å². The quantitative estimate of drug-likeness (QED) is 0.422. The summed E-state index contributed by atoms with van der Waals surface area (Å²) in [5.74, 6) is 1.52. The Labute approximate surface area is 196 Å². The number of hydrogen-bond donors (Lipinski definition) is 2. The van der Waals surface area contributed by atoms with Gasteiger partial charge in [-0.2, -0.15) is 4.31 Å². The van der Waals surface area contributed by atoms with E-state index in [1.165, 1.54) is 19.2 Å². The van der Waals surface area contributed by atoms with Gasteiger partial charge in [-0.15, -0.1) is 0 Å². The van der Waals surface area contributed by atoms with Crippen LogP contribution in [0.2, 0.25) is 0 Å². The van der Waals surface area contributed by atoms with E-state index in [2.05, 4.69) is 15.3 Å². The van der Waals surface area contributed by atoms with Crippen LogP contribution in [0.15, 0.2) is 71.6 Å². The average Bonchev–Trinajstić information content (AvgIpc) is 3.49. The molecule has 0 unspecified atom stereocenters. The van der Waals surface area contributed by atoms with Gasteiger partial charge in [0.2, 0.25) is 22.7 Å². The maximum absolute atomic E-state index is 13.1. The number of H-pyrrole nitrogens is 1. The van der Waals surface area contributed by atoms with Gasteiger partial charge in [-0.05, 0) is 35.9 Å². The van der Waals surface area contributed by atoms with Crippen LogP contribution >= 0.6 is 0 Å². The van der Waals surface area contributed by atoms with Gasteiger partial charge >= 0.3 is 0 Å². The molecule has 4 aromatic rings. The standard InChI is InChI=1S/C24H22N4O5S/c1-28(14-23(29)25-13-16-7-10-21-22(11-16)33-15-32-21)34(30,31)18-8-9-19-20(12-18)27-24(26-19)17-5-3-2-4-6-17/h2-12H,13-15H2,1H3,(H,25,29)(H,26,27). The highest BCUT2D eigenvalue weighted by atomic mass is 32.2. The first kappa shape index (κ1) is 21.9. The molecule has 0 saturated carbocycles. The fourth-order valence-corrected chi connectivity index (χ4v) is 4.81. The second-order valence-corrected chi connectivity index (χ2v) is 9.90. The summed E-state index contributed by atoms with van der Waals surface area (Å²) in [6, 6.07) is 19.6. The third-order valence-corrected chi connectivity index (χ3v) is 7.30. The number of aromatic amines is 1. The lowest BCUT2D eigenvalue weighted by atomic mass is 10.2. The number of aromatic nitrogens is 2. The van der Waals surface area contributed by atoms with E-state index in [9.17, 15) is 13.2 Å². The van der Waals surface area contributed by atoms with Gasteiger partial charge in [-0.3, -0.25) is 4.79 Å². The summed E-state index contributed by atoms with van der Waals surface area (Å²) >= 11 is 0. The monoisotopic (exact) mass is 478 g/mol. The summed E-state index contributed by atoms with van der Waals surface area (Å²) in [5.41, 5.74) is 2.98. The number of ether oxygens (including phenoxy) is 2. The minimum absolute atomic E-state index is 0.0781. The van der Waals surface area contributed by atoms with Crippen LogP contribution < -0.4 is 14.8 Å². The number of likely N-dealkylation sites (N-methyl/N-ethyl adjacent to an activating group) is 1. The lowest BCUT2D eigenvalue weighted by molar-refractivity contribution is -0.121. The first-order valence-electron chi connectivity index (χ1n) is 10.6. The van der Waals surface area contributed by atoms with E-state index in [1.807, 2.05) is 36.4 Å². The van der Waals surface area contributed by atoms with Crippen LogP contribution in [0.4, 0.5) is 0 Å². The zero-order valence-corrected chi connectivity index (χ0v) is 19.1. The summed E-state index contributed by atoms with van der Waals surface area (Å²) in [6.45, 7) is 0.0978. The minimum atomic E-state index is -3.88. The van der Waals surface area contributed by atoms with E-state index in [1.54, 1.807) is 18.2 Å². The van der Waals surface area contributed by atoms with Gasteiger partial charge in [-0.25, -0.2) is 13.4 Å². The van der Waals surface area contributed by atoms with E-state index in [-0.39, 0.29) is 24.8 Å². The van der Waals surface area contributed by atoms with Crippen LogP contribution in [-0.4, -0.2) is 49.0 Å². The number of nitrogens with one attached hydrogen (secondary N) is 2. The summed E-state index contributed by atoms with van der Waals surface area (Å²) in [5, 5.41) is 2.74. The second-order valence-electron chi connectivity index (χ2n) is 7.86. The van der Waals surface area contributed by atoms with Crippen molar-refractivity contribution in [3.8, 4) is 22.9 Å². The van der Waals surface area contributed by atoms with Crippen LogP contribution in [0.25, 0.3) is 22.4 Å². The zero-order valence-electron chi connectivity index (χ0n) is 18.3. The topological polar surface area (TPSA) is 114 Å². The number of amides is 1. The van der Waals surface area contributed by atoms with Crippen molar-refractivity contribution in [2.24, 2.45) is 0 Å². The predicted octanol–water partition coefficient (Wildman–Crippen LogP) is 2.90. The van der Waals surface area contributed by atoms with Crippen molar-refractivity contribution in [2.45, 2.75) is 11.4 Å². The lowest BCUT2D eigenvalue weighted by Gasteiger charge is -2.17. The molecule has 0 atom stereocenters. The highest BCUT2D eigenvalue weighted by molar-refractivity contribution is 7.89. The molecule has 0 bridgehead atoms. The van der Waals surface area contributed by atoms with Gasteiger partial charge in [-0.1, -0.05) is 36.4 Å². The Morgan fingerprint density at radius 2 is 1.85 bits per heavy atom. The van der Waals surface area contributed by atoms with Crippen molar-refractivity contribution >= 4 is 27.0 Å². The molecule has 1 aliphatic heterocycles. The smallest absolute Gasteiger partial charge is 0.243 e. The molecule has 2 N–H and O–H groups in total. The first-order chi connectivity index (χ1) is 16.4. The van der Waals surface area contributed by atoms with Gasteiger partial charge in [0.25, 0.3) is 0 Å². The number of fused-ring (bicyclic) bond motifs is 2. The second kappa shape index (κ2) is 8.81. The van der Waals surface area contributed by atoms with Crippen molar-refractivity contribution in [3.05, 3.63) is 72.3 Å². The summed E-state index contributed by atoms with van der Waals surface area (Å²) in [7, 11) is -2.51. The fourth-order valence-electron chi connectivity index (χ4n) is 3.66. The van der Waals surface area contributed by atoms with E-state index >= 15 is 0 Å². The Morgan fingerprint density at radius 1 is 1.06 bits per heavy atom. The molecule has 0 radical (unpaired) electrons. The third kappa shape index (κ3) is 4.33. The molecular formula is C24H22N4O5S. The minimum Gasteiger partial charge on any atom is -0.454 e. The Kier molecular flexibility index (Phi) is 5.68. The van der Waals surface area contributed by atoms with Crippen molar-refractivity contribution in [1.29, 1.82) is 0 Å². The number of benzene rings is 3. The number of carbonyl (C=O) groups is 1. The van der Waals surface area contributed by atoms with Gasteiger partial charge < -0.3 is 19.8 Å². The van der Waals surface area contributed by atoms with Crippen molar-refractivity contribution in [3.63, 3.8) is 0 Å². The molecule has 0 spiro atoms. The number of carbonyl (C=O) groups excluding carboxylic acids is 1. The summed E-state index contributed by atoms with van der Waals surface area (Å²) in [4.78, 5) is 20.2. The Bertz CT molecular complexity index is 1470. The summed E-state index contributed by atoms with van der Waals surface area (Å²) in [6.07, 6.45) is 0. The van der Waals surface area contributed by atoms with E-state index < -0.39 is 15.9 Å². The molecule has 5 rings (SSSR count). The molecule has 9 nitrogen and oxygen atoms in total. The van der Waals surface area contributed by atoms with Crippen LogP contribution in [0.1, 0.15) is 5.56 Å². The molecule has 0 saturated heterocycles. The number of nitrogens with zero attached hydrogens (tertiary/aromatic N) is 2. The fraction of sp³-hybridized carbons (Fsp3) is 0.167. The molecule has 0 fully saturated rings. The van der Waals surface area contributed by atoms with Crippen molar-refractivity contribution in [1.82, 2.24) is 19.6 Å². The molecule has 2 heterocycles. The average molecular weight is 479 g/mol. The number of rotatable bonds is 7. The number of imidazole rings is 1. The SMILES string of the molecule is CN(CC(=O)NCc1ccc2c(c1)OCO2)S(=O)(=O)c1ccc2nc(-c3ccccc3)[nH]c2c1. The normalized spacial score (nSPS) is 12.9. The molecule has 1 aromatic heterocycles. The highest BCUT2D eigenvalue weighted by Gasteiger charge is 2.24. The molecule has 34 heavy (non-hydrogen) atoms. The Morgan fingerprint density at radius 3 is 2.68 bits per heavy atom. The van der Waals surface area contributed by atoms with Crippen LogP contribution in [-0.2, 0) is 21.4 Å². The van der Waals surface area contributed by atoms with Crippen molar-refractivity contribution < 1.29 is 22.7 Å². The maximum Gasteiger partial charge on any atom is 0.243 e. The lowest BCUT2D eigenvalue weighted by Crippen LogP contribution is -2.38. The molecular weight excluding hydrogens is 456 g/mol. The van der Waals surface area contributed by atoms with Crippen LogP contribution in [0.5, 0.6) is 11.5 Å². The van der Waals surface area contributed by atoms with Crippen molar-refractivity contribution in [2.75, 3.05) is 20.4 Å². The molecule has 1 aliphatic rings. The van der Waals surface area contributed by atoms with E-state index in [0.717, 1.165) is 15.4 Å². The summed E-state index contributed by atoms with van der Waals surface area (Å²) < 4.78 is 37.8. The third-order valence-electron chi connectivity index (χ3n) is 5.50. The number of hydrogen-bond acceptors (Lipinski definition) is 6. The first-order valence-corrected chi connectivity index (χ1v) is 12.0. The largest absolute Gasteiger partial charge is 0.454 e. The maximum atomic E-state index is 13.1. The predicted molar refractivity (Wildman–Crippen MR) is 126 cm³/mol. The molecule has 3 aromatic carbocycles. The molecule has 10 heteroatoms. The highest BCUT2D eigenvalue weighted by Crippen LogP contribution is 2.32. The van der Waals surface area contributed by atoms with Crippen LogP contribution in [0, 0.1) is 0 Å². The molecule has 1 amide bonds. The van der Waals surface area contributed by atoms with Gasteiger partial charge in [0, 0.05) is 19.2 Å². The van der Waals surface area contributed by atoms with E-state index in [4.69, 9.17) is 9.47 Å². The number of sulfonamides is 1. The molecule has 174 valence electrons.